The van der Waals surface area contributed by atoms with E-state index in [-0.39, 0.29) is 5.91 Å². The van der Waals surface area contributed by atoms with Crippen molar-refractivity contribution in [3.05, 3.63) is 75.8 Å². The lowest BCUT2D eigenvalue weighted by molar-refractivity contribution is -0.117. The van der Waals surface area contributed by atoms with Crippen LogP contribution in [0.5, 0.6) is 0 Å². The van der Waals surface area contributed by atoms with Crippen LogP contribution in [0.25, 0.3) is 6.08 Å². The van der Waals surface area contributed by atoms with Gasteiger partial charge in [-0.15, -0.1) is 0 Å². The lowest BCUT2D eigenvalue weighted by Gasteiger charge is -2.07. The molecule has 24 heavy (non-hydrogen) atoms. The van der Waals surface area contributed by atoms with Gasteiger partial charge in [-0.2, -0.15) is 0 Å². The van der Waals surface area contributed by atoms with Gasteiger partial charge in [0.2, 0.25) is 0 Å². The lowest BCUT2D eigenvalue weighted by Crippen LogP contribution is -2.40. The number of rotatable bonds is 4. The number of nitrogens with one attached hydrogen (secondary N) is 2. The fraction of sp³-hybridized carbons (Fsp3) is 0.158. The molecule has 0 radical (unpaired) electrons. The van der Waals surface area contributed by atoms with Gasteiger partial charge in [-0.25, -0.2) is 0 Å². The van der Waals surface area contributed by atoms with E-state index in [2.05, 4.69) is 40.6 Å². The minimum Gasteiger partial charge on any atom is -0.268 e. The van der Waals surface area contributed by atoms with Crippen LogP contribution in [0.3, 0.4) is 0 Å². The first kappa shape index (κ1) is 17.9. The summed E-state index contributed by atoms with van der Waals surface area (Å²) in [6.45, 7) is 4.26. The van der Waals surface area contributed by atoms with Gasteiger partial charge in [-0.3, -0.25) is 20.4 Å². The molecule has 2 amide bonds. The molecule has 0 aliphatic carbocycles. The molecular formula is C19H19BrN2O2. The highest BCUT2D eigenvalue weighted by atomic mass is 79.9. The van der Waals surface area contributed by atoms with Crippen LogP contribution in [0, 0.1) is 0 Å². The molecule has 0 aromatic heterocycles. The van der Waals surface area contributed by atoms with Crippen molar-refractivity contribution in [2.24, 2.45) is 0 Å². The highest BCUT2D eigenvalue weighted by Crippen LogP contribution is 2.16. The van der Waals surface area contributed by atoms with Crippen molar-refractivity contribution in [1.29, 1.82) is 0 Å². The summed E-state index contributed by atoms with van der Waals surface area (Å²) in [7, 11) is 0. The Kier molecular flexibility index (Phi) is 6.32. The number of carbonyl (C=O) groups is 2. The standard InChI is InChI=1S/C19H19BrN2O2/c1-13(2)15-10-7-14(8-11-15)9-12-18(23)21-22-19(24)16-5-3-4-6-17(16)20/h3-13H,1-2H3,(H,21,23)(H,22,24)/b12-9+. The Hall–Kier alpha value is -2.40. The molecule has 0 bridgehead atoms. The molecular weight excluding hydrogens is 368 g/mol. The molecule has 5 heteroatoms. The maximum Gasteiger partial charge on any atom is 0.270 e. The molecule has 0 unspecified atom stereocenters. The SMILES string of the molecule is CC(C)c1ccc(/C=C/C(=O)NNC(=O)c2ccccc2Br)cc1. The van der Waals surface area contributed by atoms with E-state index in [0.717, 1.165) is 5.56 Å². The summed E-state index contributed by atoms with van der Waals surface area (Å²) in [6.07, 6.45) is 3.08. The van der Waals surface area contributed by atoms with Gasteiger partial charge in [0.15, 0.2) is 0 Å². The van der Waals surface area contributed by atoms with Crippen molar-refractivity contribution >= 4 is 33.8 Å². The van der Waals surface area contributed by atoms with E-state index in [1.165, 1.54) is 11.6 Å². The predicted octanol–water partition coefficient (Wildman–Crippen LogP) is 4.05. The molecule has 2 rings (SSSR count). The molecule has 2 aromatic rings. The summed E-state index contributed by atoms with van der Waals surface area (Å²) in [6, 6.07) is 15.0. The van der Waals surface area contributed by atoms with E-state index in [0.29, 0.717) is 16.0 Å². The van der Waals surface area contributed by atoms with Gasteiger partial charge in [-0.05, 0) is 51.2 Å². The molecule has 0 spiro atoms. The van der Waals surface area contributed by atoms with Gasteiger partial charge in [0, 0.05) is 10.5 Å². The van der Waals surface area contributed by atoms with Gasteiger partial charge in [0.05, 0.1) is 5.56 Å². The van der Waals surface area contributed by atoms with Crippen LogP contribution in [0.2, 0.25) is 0 Å². The van der Waals surface area contributed by atoms with E-state index >= 15 is 0 Å². The second-order valence-corrected chi connectivity index (χ2v) is 6.43. The second-order valence-electron chi connectivity index (χ2n) is 5.58. The molecule has 4 nitrogen and oxygen atoms in total. The maximum atomic E-state index is 12.0. The quantitative estimate of drug-likeness (QED) is 0.615. The highest BCUT2D eigenvalue weighted by molar-refractivity contribution is 9.10. The average Bonchev–Trinajstić information content (AvgIpc) is 2.58. The molecule has 0 fully saturated rings. The fourth-order valence-electron chi connectivity index (χ4n) is 2.04. The molecule has 2 aromatic carbocycles. The monoisotopic (exact) mass is 386 g/mol. The number of hydrazine groups is 1. The average molecular weight is 387 g/mol. The Morgan fingerprint density at radius 1 is 1.00 bits per heavy atom. The Bertz CT molecular complexity index is 752. The first-order chi connectivity index (χ1) is 11.5. The van der Waals surface area contributed by atoms with Crippen LogP contribution >= 0.6 is 15.9 Å². The predicted molar refractivity (Wildman–Crippen MR) is 99.3 cm³/mol. The Morgan fingerprint density at radius 2 is 1.67 bits per heavy atom. The van der Waals surface area contributed by atoms with E-state index in [4.69, 9.17) is 0 Å². The van der Waals surface area contributed by atoms with Crippen molar-refractivity contribution in [2.75, 3.05) is 0 Å². The Morgan fingerprint density at radius 3 is 2.29 bits per heavy atom. The minimum absolute atomic E-state index is 0.384. The number of hydrogen-bond acceptors (Lipinski definition) is 2. The molecule has 0 aliphatic heterocycles. The number of amides is 2. The van der Waals surface area contributed by atoms with Gasteiger partial charge >= 0.3 is 0 Å². The Balaban J connectivity index is 1.89. The van der Waals surface area contributed by atoms with Gasteiger partial charge in [0.1, 0.15) is 0 Å². The molecule has 0 saturated carbocycles. The summed E-state index contributed by atoms with van der Waals surface area (Å²) < 4.78 is 0.664. The Labute approximate surface area is 150 Å². The lowest BCUT2D eigenvalue weighted by atomic mass is 10.0. The van der Waals surface area contributed by atoms with Crippen molar-refractivity contribution < 1.29 is 9.59 Å². The highest BCUT2D eigenvalue weighted by Gasteiger charge is 2.09. The number of carbonyl (C=O) groups excluding carboxylic acids is 2. The zero-order chi connectivity index (χ0) is 17.5. The smallest absolute Gasteiger partial charge is 0.268 e. The van der Waals surface area contributed by atoms with Gasteiger partial charge in [0.25, 0.3) is 11.8 Å². The molecule has 0 aliphatic rings. The van der Waals surface area contributed by atoms with E-state index in [9.17, 15) is 9.59 Å². The third kappa shape index (κ3) is 5.06. The number of benzene rings is 2. The van der Waals surface area contributed by atoms with E-state index in [1.54, 1.807) is 24.3 Å². The van der Waals surface area contributed by atoms with E-state index < -0.39 is 5.91 Å². The third-order valence-electron chi connectivity index (χ3n) is 3.45. The van der Waals surface area contributed by atoms with Crippen LogP contribution in [0.4, 0.5) is 0 Å². The largest absolute Gasteiger partial charge is 0.270 e. The van der Waals surface area contributed by atoms with Gasteiger partial charge < -0.3 is 0 Å². The first-order valence-corrected chi connectivity index (χ1v) is 8.39. The molecule has 0 saturated heterocycles. The molecule has 0 atom stereocenters. The molecule has 2 N–H and O–H groups in total. The normalized spacial score (nSPS) is 10.8. The van der Waals surface area contributed by atoms with Crippen molar-refractivity contribution in [3.8, 4) is 0 Å². The minimum atomic E-state index is -0.400. The van der Waals surface area contributed by atoms with Crippen LogP contribution in [-0.4, -0.2) is 11.8 Å². The van der Waals surface area contributed by atoms with Crippen molar-refractivity contribution in [2.45, 2.75) is 19.8 Å². The summed E-state index contributed by atoms with van der Waals surface area (Å²) >= 11 is 3.29. The van der Waals surface area contributed by atoms with Crippen molar-refractivity contribution in [1.82, 2.24) is 10.9 Å². The van der Waals surface area contributed by atoms with Crippen LogP contribution in [0.15, 0.2) is 59.1 Å². The van der Waals surface area contributed by atoms with Crippen molar-refractivity contribution in [3.63, 3.8) is 0 Å². The zero-order valence-corrected chi connectivity index (χ0v) is 15.1. The number of halogens is 1. The summed E-state index contributed by atoms with van der Waals surface area (Å²) in [5.74, 6) is -0.312. The summed E-state index contributed by atoms with van der Waals surface area (Å²) in [4.78, 5) is 23.8. The third-order valence-corrected chi connectivity index (χ3v) is 4.14. The maximum absolute atomic E-state index is 12.0. The van der Waals surface area contributed by atoms with E-state index in [1.807, 2.05) is 30.3 Å². The molecule has 124 valence electrons. The summed E-state index contributed by atoms with van der Waals surface area (Å²) in [5.41, 5.74) is 7.36. The molecule has 0 heterocycles. The van der Waals surface area contributed by atoms with Gasteiger partial charge in [-0.1, -0.05) is 50.2 Å². The van der Waals surface area contributed by atoms with Crippen LogP contribution < -0.4 is 10.9 Å². The summed E-state index contributed by atoms with van der Waals surface area (Å²) in [5, 5.41) is 0. The second kappa shape index (κ2) is 8.45. The van der Waals surface area contributed by atoms with Crippen LogP contribution in [-0.2, 0) is 4.79 Å². The number of hydrogen-bond donors (Lipinski definition) is 2. The first-order valence-electron chi connectivity index (χ1n) is 7.60. The van der Waals surface area contributed by atoms with Crippen LogP contribution in [0.1, 0.15) is 41.3 Å². The fourth-order valence-corrected chi connectivity index (χ4v) is 2.50. The zero-order valence-electron chi connectivity index (χ0n) is 13.5. The topological polar surface area (TPSA) is 58.2 Å².